The van der Waals surface area contributed by atoms with Gasteiger partial charge >= 0.3 is 0 Å². The fourth-order valence-electron chi connectivity index (χ4n) is 5.39. The molecule has 0 unspecified atom stereocenters. The molecule has 0 fully saturated rings. The molecular weight excluding hydrogens is 440 g/mol. The minimum Gasteiger partial charge on any atom is -0.293 e. The first-order valence-corrected chi connectivity index (χ1v) is 12.9. The Morgan fingerprint density at radius 1 is 0.645 bits per heavy atom. The van der Waals surface area contributed by atoms with Crippen molar-refractivity contribution in [1.82, 2.24) is 0 Å². The van der Waals surface area contributed by atoms with E-state index in [1.807, 2.05) is 26.0 Å². The molecule has 0 saturated heterocycles. The number of aryl methyl sites for hydroxylation is 2. The van der Waals surface area contributed by atoms with Crippen LogP contribution in [0.3, 0.4) is 0 Å². The molecule has 1 aromatic carbocycles. The van der Waals surface area contributed by atoms with Crippen LogP contribution in [0.2, 0.25) is 0 Å². The van der Waals surface area contributed by atoms with E-state index in [0.29, 0.717) is 0 Å². The first-order valence-electron chi connectivity index (χ1n) is 10.4. The number of hydrogen-bond acceptors (Lipinski definition) is 5. The summed E-state index contributed by atoms with van der Waals surface area (Å²) < 4.78 is 1.16. The summed E-state index contributed by atoms with van der Waals surface area (Å²) in [5, 5.41) is 1.13. The summed E-state index contributed by atoms with van der Waals surface area (Å²) in [6, 6.07) is 8.46. The third-order valence-electron chi connectivity index (χ3n) is 6.89. The summed E-state index contributed by atoms with van der Waals surface area (Å²) >= 11 is 5.18. The molecule has 0 spiro atoms. The molecule has 0 N–H and O–H groups in total. The van der Waals surface area contributed by atoms with E-state index in [2.05, 4.69) is 39.8 Å². The second kappa shape index (κ2) is 5.83. The van der Waals surface area contributed by atoms with E-state index >= 15 is 0 Å². The van der Waals surface area contributed by atoms with Crippen LogP contribution in [0.4, 0.5) is 0 Å². The molecule has 5 heteroatoms. The van der Waals surface area contributed by atoms with E-state index < -0.39 is 10.8 Å². The summed E-state index contributed by atoms with van der Waals surface area (Å²) in [6.45, 7) is 12.3. The molecule has 2 aliphatic carbocycles. The first-order chi connectivity index (χ1) is 14.5. The van der Waals surface area contributed by atoms with Gasteiger partial charge < -0.3 is 0 Å². The molecule has 0 atom stereocenters. The zero-order chi connectivity index (χ0) is 22.0. The third kappa shape index (κ3) is 2.27. The van der Waals surface area contributed by atoms with Gasteiger partial charge in [0.05, 0.1) is 20.6 Å². The highest BCUT2D eigenvalue weighted by molar-refractivity contribution is 7.27. The van der Waals surface area contributed by atoms with Gasteiger partial charge in [0, 0.05) is 30.5 Å². The lowest BCUT2D eigenvalue weighted by Crippen LogP contribution is -2.33. The van der Waals surface area contributed by atoms with Crippen LogP contribution in [0.1, 0.15) is 69.3 Å². The van der Waals surface area contributed by atoms with Crippen molar-refractivity contribution >= 4 is 55.7 Å². The van der Waals surface area contributed by atoms with Crippen molar-refractivity contribution in [2.24, 2.45) is 0 Å². The van der Waals surface area contributed by atoms with E-state index in [-0.39, 0.29) is 11.6 Å². The number of thiophene rings is 3. The Morgan fingerprint density at radius 2 is 1.19 bits per heavy atom. The van der Waals surface area contributed by atoms with Crippen LogP contribution < -0.4 is 0 Å². The van der Waals surface area contributed by atoms with E-state index in [0.717, 1.165) is 51.8 Å². The van der Waals surface area contributed by atoms with Crippen LogP contribution in [0.15, 0.2) is 24.3 Å². The highest BCUT2D eigenvalue weighted by atomic mass is 32.1. The molecule has 6 rings (SSSR count). The van der Waals surface area contributed by atoms with Gasteiger partial charge in [0.2, 0.25) is 0 Å². The number of hydrogen-bond donors (Lipinski definition) is 0. The lowest BCUT2D eigenvalue weighted by atomic mass is 9.69. The zero-order valence-corrected chi connectivity index (χ0v) is 20.8. The topological polar surface area (TPSA) is 34.1 Å². The maximum absolute atomic E-state index is 13.5. The van der Waals surface area contributed by atoms with Gasteiger partial charge in [-0.05, 0) is 75.8 Å². The van der Waals surface area contributed by atoms with Crippen LogP contribution in [0, 0.1) is 13.8 Å². The minimum absolute atomic E-state index is 0.196. The van der Waals surface area contributed by atoms with Crippen LogP contribution in [0.5, 0.6) is 0 Å². The Labute approximate surface area is 193 Å². The largest absolute Gasteiger partial charge is 0.293 e. The molecule has 2 nitrogen and oxygen atoms in total. The molecule has 0 aliphatic heterocycles. The maximum atomic E-state index is 13.5. The van der Waals surface area contributed by atoms with Crippen LogP contribution in [-0.4, -0.2) is 11.6 Å². The molecule has 0 amide bonds. The fraction of sp³-hybridized carbons (Fsp3) is 0.308. The van der Waals surface area contributed by atoms with E-state index in [1.165, 1.54) is 10.4 Å². The minimum atomic E-state index is -0.606. The van der Waals surface area contributed by atoms with Crippen molar-refractivity contribution in [3.63, 3.8) is 0 Å². The van der Waals surface area contributed by atoms with Gasteiger partial charge in [0.25, 0.3) is 0 Å². The predicted molar refractivity (Wildman–Crippen MR) is 133 cm³/mol. The van der Waals surface area contributed by atoms with E-state index in [9.17, 15) is 9.59 Å². The van der Waals surface area contributed by atoms with Gasteiger partial charge in [0.15, 0.2) is 11.6 Å². The summed E-state index contributed by atoms with van der Waals surface area (Å²) in [4.78, 5) is 32.7. The highest BCUT2D eigenvalue weighted by Gasteiger charge is 2.46. The van der Waals surface area contributed by atoms with Crippen molar-refractivity contribution < 1.29 is 9.59 Å². The average molecular weight is 463 g/mol. The van der Waals surface area contributed by atoms with E-state index in [4.69, 9.17) is 0 Å². The zero-order valence-electron chi connectivity index (χ0n) is 18.4. The Hall–Kier alpha value is -2.08. The summed E-state index contributed by atoms with van der Waals surface area (Å²) in [7, 11) is 0. The van der Waals surface area contributed by atoms with Crippen molar-refractivity contribution in [3.8, 4) is 20.2 Å². The van der Waals surface area contributed by atoms with Crippen LogP contribution in [0.25, 0.3) is 30.3 Å². The molecular formula is C26H22O2S3. The molecule has 0 bridgehead atoms. The molecule has 3 heterocycles. The lowest BCUT2D eigenvalue weighted by molar-refractivity contribution is 0.0901. The van der Waals surface area contributed by atoms with Crippen LogP contribution in [-0.2, 0) is 10.8 Å². The number of benzene rings is 1. The predicted octanol–water partition coefficient (Wildman–Crippen LogP) is 7.92. The quantitative estimate of drug-likeness (QED) is 0.266. The smallest absolute Gasteiger partial charge is 0.174 e. The standard InChI is InChI=1S/C26H22O2S3/c1-11-9-15-19(29-11)13-7-8-14-18-22(31-20(14)17(13)25(3,4)23(15)27)21-16(10-12(2)30-21)24(28)26(18,5)6/h7-10H,1-6H3. The molecule has 4 aromatic rings. The number of ketones is 2. The number of fused-ring (bicyclic) bond motifs is 9. The Morgan fingerprint density at radius 3 is 1.84 bits per heavy atom. The second-order valence-corrected chi connectivity index (χ2v) is 13.3. The maximum Gasteiger partial charge on any atom is 0.174 e. The molecule has 31 heavy (non-hydrogen) atoms. The van der Waals surface area contributed by atoms with Crippen molar-refractivity contribution in [1.29, 1.82) is 0 Å². The average Bonchev–Trinajstić information content (AvgIpc) is 3.38. The normalized spacial score (nSPS) is 18.0. The van der Waals surface area contributed by atoms with Gasteiger partial charge in [0.1, 0.15) is 0 Å². The van der Waals surface area contributed by atoms with Crippen molar-refractivity contribution in [3.05, 3.63) is 56.3 Å². The van der Waals surface area contributed by atoms with Gasteiger partial charge in [-0.15, -0.1) is 34.0 Å². The second-order valence-electron chi connectivity index (χ2n) is 9.78. The fourth-order valence-corrected chi connectivity index (χ4v) is 9.25. The number of carbonyl (C=O) groups excluding carboxylic acids is 2. The number of Topliss-reactive ketones (excluding diaryl/α,β-unsaturated/α-hetero) is 2. The van der Waals surface area contributed by atoms with Crippen molar-refractivity contribution in [2.45, 2.75) is 52.4 Å². The molecule has 3 aromatic heterocycles. The third-order valence-corrected chi connectivity index (χ3v) is 10.4. The Balaban J connectivity index is 1.78. The lowest BCUT2D eigenvalue weighted by Gasteiger charge is -2.32. The number of carbonyl (C=O) groups is 2. The van der Waals surface area contributed by atoms with Gasteiger partial charge in [-0.1, -0.05) is 12.1 Å². The Bertz CT molecular complexity index is 1490. The molecule has 156 valence electrons. The van der Waals surface area contributed by atoms with E-state index in [1.54, 1.807) is 34.0 Å². The van der Waals surface area contributed by atoms with Gasteiger partial charge in [-0.25, -0.2) is 0 Å². The van der Waals surface area contributed by atoms with Gasteiger partial charge in [-0.2, -0.15) is 0 Å². The number of rotatable bonds is 0. The van der Waals surface area contributed by atoms with Crippen LogP contribution >= 0.6 is 34.0 Å². The Kier molecular flexibility index (Phi) is 3.68. The SMILES string of the molecule is Cc1cc2c(s1)-c1ccc3c4c(sc3c1C(C)(C)C2=O)-c1sc(C)cc1C(=O)C4(C)C. The summed E-state index contributed by atoms with van der Waals surface area (Å²) in [5.74, 6) is 0.393. The molecule has 2 aliphatic rings. The molecule has 0 radical (unpaired) electrons. The highest BCUT2D eigenvalue weighted by Crippen LogP contribution is 2.57. The molecule has 0 saturated carbocycles. The summed E-state index contributed by atoms with van der Waals surface area (Å²) in [5.41, 5.74) is 3.95. The monoisotopic (exact) mass is 462 g/mol. The summed E-state index contributed by atoms with van der Waals surface area (Å²) in [6.07, 6.45) is 0. The first kappa shape index (κ1) is 19.6. The van der Waals surface area contributed by atoms with Crippen molar-refractivity contribution in [2.75, 3.05) is 0 Å². The van der Waals surface area contributed by atoms with Gasteiger partial charge in [-0.3, -0.25) is 9.59 Å².